The van der Waals surface area contributed by atoms with Crippen LogP contribution in [0.5, 0.6) is 0 Å². The van der Waals surface area contributed by atoms with Gasteiger partial charge in [0.05, 0.1) is 4.53 Å². The number of halogens is 2. The summed E-state index contributed by atoms with van der Waals surface area (Å²) in [5, 5.41) is 4.97. The number of hydrogen-bond acceptors (Lipinski definition) is 4. The van der Waals surface area contributed by atoms with Gasteiger partial charge in [0.1, 0.15) is 0 Å². The summed E-state index contributed by atoms with van der Waals surface area (Å²) in [6.07, 6.45) is 5.51. The van der Waals surface area contributed by atoms with Crippen molar-refractivity contribution in [3.05, 3.63) is 89.9 Å². The Morgan fingerprint density at radius 1 is 1.00 bits per heavy atom. The highest BCUT2D eigenvalue weighted by molar-refractivity contribution is 9.10. The topological polar surface area (TPSA) is 47.3 Å². The first-order valence-electron chi connectivity index (χ1n) is 7.69. The number of aromatic nitrogens is 3. The lowest BCUT2D eigenvalue weighted by molar-refractivity contribution is 0.925. The molecule has 0 aliphatic carbocycles. The quantitative estimate of drug-likeness (QED) is 0.474. The molecule has 4 rings (SSSR count). The molecule has 0 bridgehead atoms. The van der Waals surface area contributed by atoms with E-state index < -0.39 is 0 Å². The van der Waals surface area contributed by atoms with Crippen molar-refractivity contribution in [1.29, 1.82) is 0 Å². The lowest BCUT2D eigenvalue weighted by Gasteiger charge is -1.92. The van der Waals surface area contributed by atoms with Gasteiger partial charge in [-0.1, -0.05) is 69.2 Å². The number of benzene rings is 2. The first-order chi connectivity index (χ1) is 12.6. The zero-order chi connectivity index (χ0) is 18.1. The zero-order valence-corrected chi connectivity index (χ0v) is 16.4. The summed E-state index contributed by atoms with van der Waals surface area (Å²) < 4.78 is 2.95. The summed E-state index contributed by atoms with van der Waals surface area (Å²) in [6, 6.07) is 15.2. The van der Waals surface area contributed by atoms with Crippen molar-refractivity contribution in [3.8, 4) is 0 Å². The smallest absolute Gasteiger partial charge is 0.266 e. The second-order valence-electron chi connectivity index (χ2n) is 5.52. The van der Waals surface area contributed by atoms with Gasteiger partial charge >= 0.3 is 0 Å². The third-order valence-corrected chi connectivity index (χ3v) is 5.40. The maximum atomic E-state index is 12.5. The van der Waals surface area contributed by atoms with E-state index in [1.54, 1.807) is 6.08 Å². The van der Waals surface area contributed by atoms with Crippen LogP contribution in [-0.4, -0.2) is 14.6 Å². The van der Waals surface area contributed by atoms with E-state index in [2.05, 4.69) is 26.0 Å². The average molecular weight is 445 g/mol. The van der Waals surface area contributed by atoms with Crippen molar-refractivity contribution < 1.29 is 0 Å². The van der Waals surface area contributed by atoms with Crippen LogP contribution in [0.1, 0.15) is 17.0 Å². The van der Waals surface area contributed by atoms with E-state index in [0.717, 1.165) is 15.6 Å². The van der Waals surface area contributed by atoms with Crippen LogP contribution in [-0.2, 0) is 0 Å². The molecule has 26 heavy (non-hydrogen) atoms. The zero-order valence-electron chi connectivity index (χ0n) is 13.3. The molecule has 0 aliphatic rings. The molecule has 2 heterocycles. The molecule has 0 atom stereocenters. The number of hydrogen-bond donors (Lipinski definition) is 0. The van der Waals surface area contributed by atoms with Crippen LogP contribution in [0.4, 0.5) is 0 Å². The first-order valence-corrected chi connectivity index (χ1v) is 9.68. The third-order valence-electron chi connectivity index (χ3n) is 3.66. The summed E-state index contributed by atoms with van der Waals surface area (Å²) in [5.74, 6) is 0.499. The van der Waals surface area contributed by atoms with E-state index in [-0.39, 0.29) is 5.56 Å². The predicted octanol–water partition coefficient (Wildman–Crippen LogP) is 4.29. The molecule has 0 unspecified atom stereocenters. The fourth-order valence-corrected chi connectivity index (χ4v) is 3.68. The van der Waals surface area contributed by atoms with Crippen LogP contribution in [0.15, 0.2) is 57.8 Å². The molecular weight excluding hydrogens is 434 g/mol. The lowest BCUT2D eigenvalue weighted by atomic mass is 10.2. The van der Waals surface area contributed by atoms with Gasteiger partial charge in [0, 0.05) is 9.50 Å². The SMILES string of the molecule is O=c1c(=Cc2ccc(Br)cc2)sc2nc(C=Cc3ccc(Cl)cc3)nn12. The number of thiazole rings is 1. The molecule has 7 heteroatoms. The maximum absolute atomic E-state index is 12.5. The highest BCUT2D eigenvalue weighted by atomic mass is 79.9. The van der Waals surface area contributed by atoms with Gasteiger partial charge < -0.3 is 0 Å². The molecule has 0 saturated heterocycles. The second-order valence-corrected chi connectivity index (χ2v) is 7.88. The molecule has 0 aliphatic heterocycles. The number of rotatable bonds is 3. The molecule has 0 saturated carbocycles. The fraction of sp³-hybridized carbons (Fsp3) is 0. The van der Waals surface area contributed by atoms with Crippen LogP contribution in [0.3, 0.4) is 0 Å². The van der Waals surface area contributed by atoms with Crippen LogP contribution in [0, 0.1) is 0 Å². The van der Waals surface area contributed by atoms with Crippen molar-refractivity contribution in [1.82, 2.24) is 14.6 Å². The summed E-state index contributed by atoms with van der Waals surface area (Å²) >= 11 is 10.6. The molecule has 2 aromatic heterocycles. The van der Waals surface area contributed by atoms with Gasteiger partial charge in [0.25, 0.3) is 5.56 Å². The third kappa shape index (κ3) is 3.62. The van der Waals surface area contributed by atoms with Crippen LogP contribution in [0.25, 0.3) is 23.2 Å². The molecule has 0 spiro atoms. The van der Waals surface area contributed by atoms with Crippen molar-refractivity contribution >= 4 is 62.1 Å². The Morgan fingerprint density at radius 3 is 2.38 bits per heavy atom. The van der Waals surface area contributed by atoms with Gasteiger partial charge in [-0.25, -0.2) is 0 Å². The molecule has 2 aromatic carbocycles. The van der Waals surface area contributed by atoms with Crippen LogP contribution in [0.2, 0.25) is 5.02 Å². The Balaban J connectivity index is 1.66. The maximum Gasteiger partial charge on any atom is 0.291 e. The molecule has 0 radical (unpaired) electrons. The summed E-state index contributed by atoms with van der Waals surface area (Å²) in [4.78, 5) is 17.5. The molecule has 4 aromatic rings. The van der Waals surface area contributed by atoms with Crippen molar-refractivity contribution in [2.75, 3.05) is 0 Å². The Kier molecular flexibility index (Phi) is 4.72. The predicted molar refractivity (Wildman–Crippen MR) is 110 cm³/mol. The van der Waals surface area contributed by atoms with Gasteiger partial charge in [-0.2, -0.15) is 9.50 Å². The van der Waals surface area contributed by atoms with Gasteiger partial charge in [-0.3, -0.25) is 4.79 Å². The molecule has 4 nitrogen and oxygen atoms in total. The van der Waals surface area contributed by atoms with Crippen molar-refractivity contribution in [3.63, 3.8) is 0 Å². The highest BCUT2D eigenvalue weighted by Crippen LogP contribution is 2.13. The van der Waals surface area contributed by atoms with Crippen LogP contribution >= 0.6 is 38.9 Å². The number of fused-ring (bicyclic) bond motifs is 1. The van der Waals surface area contributed by atoms with Crippen LogP contribution < -0.4 is 10.1 Å². The minimum atomic E-state index is -0.161. The minimum Gasteiger partial charge on any atom is -0.266 e. The molecule has 0 N–H and O–H groups in total. The molecule has 0 amide bonds. The summed E-state index contributed by atoms with van der Waals surface area (Å²) in [6.45, 7) is 0. The molecule has 128 valence electrons. The van der Waals surface area contributed by atoms with Crippen molar-refractivity contribution in [2.45, 2.75) is 0 Å². The van der Waals surface area contributed by atoms with E-state index >= 15 is 0 Å². The van der Waals surface area contributed by atoms with E-state index in [0.29, 0.717) is 20.3 Å². The van der Waals surface area contributed by atoms with E-state index in [9.17, 15) is 4.79 Å². The Labute approximate surface area is 166 Å². The second kappa shape index (κ2) is 7.15. The Hall–Kier alpha value is -2.28. The summed E-state index contributed by atoms with van der Waals surface area (Å²) in [5.41, 5.74) is 1.78. The normalized spacial score (nSPS) is 12.5. The van der Waals surface area contributed by atoms with Gasteiger partial charge in [-0.15, -0.1) is 5.10 Å². The van der Waals surface area contributed by atoms with Gasteiger partial charge in [0.2, 0.25) is 4.96 Å². The lowest BCUT2D eigenvalue weighted by Crippen LogP contribution is -2.23. The highest BCUT2D eigenvalue weighted by Gasteiger charge is 2.08. The summed E-state index contributed by atoms with van der Waals surface area (Å²) in [7, 11) is 0. The van der Waals surface area contributed by atoms with Gasteiger partial charge in [-0.05, 0) is 47.5 Å². The standard InChI is InChI=1S/C19H11BrClN3OS/c20-14-6-1-13(2-7-14)11-16-18(25)24-19(26-16)22-17(23-24)10-5-12-3-8-15(21)9-4-12/h1-11H. The fourth-order valence-electron chi connectivity index (χ4n) is 2.37. The minimum absolute atomic E-state index is 0.161. The molecule has 0 fully saturated rings. The van der Waals surface area contributed by atoms with E-state index in [1.165, 1.54) is 15.9 Å². The monoisotopic (exact) mass is 443 g/mol. The average Bonchev–Trinajstić information content (AvgIpc) is 3.16. The Morgan fingerprint density at radius 2 is 1.69 bits per heavy atom. The largest absolute Gasteiger partial charge is 0.291 e. The first kappa shape index (κ1) is 17.1. The van der Waals surface area contributed by atoms with E-state index in [4.69, 9.17) is 11.6 Å². The van der Waals surface area contributed by atoms with Gasteiger partial charge in [0.15, 0.2) is 5.82 Å². The van der Waals surface area contributed by atoms with E-state index in [1.807, 2.05) is 60.7 Å². The van der Waals surface area contributed by atoms with Crippen molar-refractivity contribution in [2.24, 2.45) is 0 Å². The Bertz CT molecular complexity index is 1210. The molecular formula is C19H11BrClN3OS. The number of nitrogens with zero attached hydrogens (tertiary/aromatic N) is 3.